The SMILES string of the molecule is O=C(c1ccoc1)N1CCn2nccc2C1. The molecule has 3 heterocycles. The Morgan fingerprint density at radius 1 is 1.38 bits per heavy atom. The number of nitrogens with zero attached hydrogens (tertiary/aromatic N) is 3. The zero-order valence-corrected chi connectivity index (χ0v) is 8.67. The molecular weight excluding hydrogens is 206 g/mol. The second-order valence-electron chi connectivity index (χ2n) is 3.78. The second-order valence-corrected chi connectivity index (χ2v) is 3.78. The van der Waals surface area contributed by atoms with Gasteiger partial charge in [-0.05, 0) is 12.1 Å². The summed E-state index contributed by atoms with van der Waals surface area (Å²) < 4.78 is 6.85. The molecule has 1 aliphatic rings. The summed E-state index contributed by atoms with van der Waals surface area (Å²) >= 11 is 0. The third-order valence-corrected chi connectivity index (χ3v) is 2.79. The van der Waals surface area contributed by atoms with Gasteiger partial charge in [0.25, 0.3) is 5.91 Å². The lowest BCUT2D eigenvalue weighted by Crippen LogP contribution is -2.38. The average Bonchev–Trinajstić information content (AvgIpc) is 2.98. The first kappa shape index (κ1) is 9.21. The first-order valence-electron chi connectivity index (χ1n) is 5.17. The van der Waals surface area contributed by atoms with Crippen LogP contribution in [0.5, 0.6) is 0 Å². The van der Waals surface area contributed by atoms with Gasteiger partial charge in [-0.2, -0.15) is 5.10 Å². The van der Waals surface area contributed by atoms with E-state index in [2.05, 4.69) is 5.10 Å². The smallest absolute Gasteiger partial charge is 0.257 e. The Morgan fingerprint density at radius 2 is 2.31 bits per heavy atom. The highest BCUT2D eigenvalue weighted by Gasteiger charge is 2.22. The van der Waals surface area contributed by atoms with Crippen molar-refractivity contribution in [1.29, 1.82) is 0 Å². The molecule has 0 fully saturated rings. The van der Waals surface area contributed by atoms with E-state index >= 15 is 0 Å². The lowest BCUT2D eigenvalue weighted by molar-refractivity contribution is 0.0705. The summed E-state index contributed by atoms with van der Waals surface area (Å²) in [5.41, 5.74) is 1.68. The van der Waals surface area contributed by atoms with Gasteiger partial charge in [-0.15, -0.1) is 0 Å². The summed E-state index contributed by atoms with van der Waals surface area (Å²) in [6.45, 7) is 2.06. The molecule has 0 atom stereocenters. The number of furan rings is 1. The lowest BCUT2D eigenvalue weighted by Gasteiger charge is -2.27. The molecule has 0 aromatic carbocycles. The fourth-order valence-electron chi connectivity index (χ4n) is 1.93. The Hall–Kier alpha value is -2.04. The van der Waals surface area contributed by atoms with E-state index in [1.807, 2.05) is 15.6 Å². The van der Waals surface area contributed by atoms with Crippen molar-refractivity contribution < 1.29 is 9.21 Å². The van der Waals surface area contributed by atoms with Crippen molar-refractivity contribution in [3.63, 3.8) is 0 Å². The Morgan fingerprint density at radius 3 is 3.12 bits per heavy atom. The van der Waals surface area contributed by atoms with Gasteiger partial charge in [0.1, 0.15) is 6.26 Å². The molecule has 2 aromatic rings. The van der Waals surface area contributed by atoms with E-state index in [-0.39, 0.29) is 5.91 Å². The quantitative estimate of drug-likeness (QED) is 0.719. The largest absolute Gasteiger partial charge is 0.472 e. The first-order valence-corrected chi connectivity index (χ1v) is 5.17. The van der Waals surface area contributed by atoms with Gasteiger partial charge < -0.3 is 9.32 Å². The zero-order valence-electron chi connectivity index (χ0n) is 8.67. The van der Waals surface area contributed by atoms with Crippen LogP contribution < -0.4 is 0 Å². The first-order chi connectivity index (χ1) is 7.84. The number of carbonyl (C=O) groups is 1. The van der Waals surface area contributed by atoms with Crippen molar-refractivity contribution >= 4 is 5.91 Å². The Labute approximate surface area is 92.3 Å². The van der Waals surface area contributed by atoms with E-state index in [0.717, 1.165) is 12.2 Å². The van der Waals surface area contributed by atoms with Crippen molar-refractivity contribution in [3.05, 3.63) is 42.1 Å². The lowest BCUT2D eigenvalue weighted by atomic mass is 10.2. The van der Waals surface area contributed by atoms with Crippen LogP contribution in [0.15, 0.2) is 35.3 Å². The van der Waals surface area contributed by atoms with Gasteiger partial charge in [-0.25, -0.2) is 0 Å². The van der Waals surface area contributed by atoms with Crippen molar-refractivity contribution in [2.24, 2.45) is 0 Å². The van der Waals surface area contributed by atoms with Gasteiger partial charge >= 0.3 is 0 Å². The topological polar surface area (TPSA) is 51.3 Å². The van der Waals surface area contributed by atoms with Crippen LogP contribution in [-0.2, 0) is 13.1 Å². The maximum Gasteiger partial charge on any atom is 0.257 e. The summed E-state index contributed by atoms with van der Waals surface area (Å²) in [4.78, 5) is 13.8. The summed E-state index contributed by atoms with van der Waals surface area (Å²) in [6.07, 6.45) is 4.76. The van der Waals surface area contributed by atoms with Gasteiger partial charge in [0.2, 0.25) is 0 Å². The predicted octanol–water partition coefficient (Wildman–Crippen LogP) is 1.13. The summed E-state index contributed by atoms with van der Waals surface area (Å²) in [6, 6.07) is 3.63. The molecule has 0 bridgehead atoms. The summed E-state index contributed by atoms with van der Waals surface area (Å²) in [5, 5.41) is 4.17. The molecular formula is C11H11N3O2. The van der Waals surface area contributed by atoms with E-state index in [9.17, 15) is 4.79 Å². The van der Waals surface area contributed by atoms with Crippen molar-refractivity contribution in [1.82, 2.24) is 14.7 Å². The Kier molecular flexibility index (Phi) is 2.02. The maximum absolute atomic E-state index is 12.0. The van der Waals surface area contributed by atoms with Gasteiger partial charge in [-0.1, -0.05) is 0 Å². The van der Waals surface area contributed by atoms with E-state index in [1.165, 1.54) is 12.5 Å². The third-order valence-electron chi connectivity index (χ3n) is 2.79. The van der Waals surface area contributed by atoms with Gasteiger partial charge in [0.15, 0.2) is 0 Å². The van der Waals surface area contributed by atoms with Gasteiger partial charge in [-0.3, -0.25) is 9.48 Å². The van der Waals surface area contributed by atoms with Crippen LogP contribution in [0, 0.1) is 0 Å². The van der Waals surface area contributed by atoms with Gasteiger partial charge in [0, 0.05) is 12.7 Å². The fourth-order valence-corrected chi connectivity index (χ4v) is 1.93. The Bertz CT molecular complexity index is 501. The molecule has 2 aromatic heterocycles. The molecule has 5 nitrogen and oxygen atoms in total. The Balaban J connectivity index is 1.81. The molecule has 82 valence electrons. The zero-order chi connectivity index (χ0) is 11.0. The molecule has 0 saturated heterocycles. The molecule has 0 spiro atoms. The summed E-state index contributed by atoms with van der Waals surface area (Å²) in [7, 11) is 0. The number of hydrogen-bond acceptors (Lipinski definition) is 3. The van der Waals surface area contributed by atoms with Crippen molar-refractivity contribution in [2.75, 3.05) is 6.54 Å². The van der Waals surface area contributed by atoms with E-state index in [0.29, 0.717) is 18.7 Å². The van der Waals surface area contributed by atoms with Crippen LogP contribution in [0.25, 0.3) is 0 Å². The van der Waals surface area contributed by atoms with Crippen LogP contribution >= 0.6 is 0 Å². The number of carbonyl (C=O) groups excluding carboxylic acids is 1. The number of rotatable bonds is 1. The molecule has 16 heavy (non-hydrogen) atoms. The number of amides is 1. The molecule has 1 aliphatic heterocycles. The van der Waals surface area contributed by atoms with Crippen molar-refractivity contribution in [3.8, 4) is 0 Å². The van der Waals surface area contributed by atoms with E-state index in [4.69, 9.17) is 4.42 Å². The molecule has 0 aliphatic carbocycles. The monoisotopic (exact) mass is 217 g/mol. The van der Waals surface area contributed by atoms with Crippen molar-refractivity contribution in [2.45, 2.75) is 13.1 Å². The van der Waals surface area contributed by atoms with Gasteiger partial charge in [0.05, 0.1) is 30.6 Å². The van der Waals surface area contributed by atoms with Crippen LogP contribution in [0.2, 0.25) is 0 Å². The fraction of sp³-hybridized carbons (Fsp3) is 0.273. The molecule has 5 heteroatoms. The standard InChI is InChI=1S/C11H11N3O2/c15-11(9-2-6-16-8-9)13-4-5-14-10(7-13)1-3-12-14/h1-3,6,8H,4-5,7H2. The minimum Gasteiger partial charge on any atom is -0.472 e. The number of fused-ring (bicyclic) bond motifs is 1. The predicted molar refractivity (Wildman–Crippen MR) is 55.7 cm³/mol. The average molecular weight is 217 g/mol. The third kappa shape index (κ3) is 1.41. The van der Waals surface area contributed by atoms with Crippen LogP contribution in [-0.4, -0.2) is 27.1 Å². The molecule has 0 saturated carbocycles. The minimum atomic E-state index is 0.0150. The van der Waals surface area contributed by atoms with E-state index < -0.39 is 0 Å². The maximum atomic E-state index is 12.0. The number of aromatic nitrogens is 2. The highest BCUT2D eigenvalue weighted by atomic mass is 16.3. The highest BCUT2D eigenvalue weighted by molar-refractivity contribution is 5.93. The molecule has 1 amide bonds. The van der Waals surface area contributed by atoms with Crippen LogP contribution in [0.4, 0.5) is 0 Å². The second kappa shape index (κ2) is 3.52. The molecule has 3 rings (SSSR count). The molecule has 0 radical (unpaired) electrons. The summed E-state index contributed by atoms with van der Waals surface area (Å²) in [5.74, 6) is 0.0150. The number of hydrogen-bond donors (Lipinski definition) is 0. The van der Waals surface area contributed by atoms with Crippen LogP contribution in [0.1, 0.15) is 16.1 Å². The molecule has 0 unspecified atom stereocenters. The highest BCUT2D eigenvalue weighted by Crippen LogP contribution is 2.14. The van der Waals surface area contributed by atoms with E-state index in [1.54, 1.807) is 12.3 Å². The molecule has 0 N–H and O–H groups in total. The van der Waals surface area contributed by atoms with Crippen LogP contribution in [0.3, 0.4) is 0 Å². The normalized spacial score (nSPS) is 14.9. The minimum absolute atomic E-state index is 0.0150.